The summed E-state index contributed by atoms with van der Waals surface area (Å²) in [6.45, 7) is -0.322. The first-order valence-corrected chi connectivity index (χ1v) is 9.52. The Hall–Kier alpha value is -3.11. The van der Waals surface area contributed by atoms with E-state index in [2.05, 4.69) is 15.8 Å². The number of halogens is 1. The molecule has 2 rings (SSSR count). The highest BCUT2D eigenvalue weighted by molar-refractivity contribution is 7.89. The summed E-state index contributed by atoms with van der Waals surface area (Å²) in [5.41, 5.74) is 3.04. The summed E-state index contributed by atoms with van der Waals surface area (Å²) in [6.07, 6.45) is 1.34. The molecule has 0 saturated carbocycles. The molecule has 10 heteroatoms. The van der Waals surface area contributed by atoms with Crippen molar-refractivity contribution in [2.45, 2.75) is 4.90 Å². The molecule has 0 radical (unpaired) electrons. The maximum Gasteiger partial charge on any atom is 0.259 e. The number of amides is 2. The van der Waals surface area contributed by atoms with Crippen LogP contribution >= 0.6 is 0 Å². The molecule has 28 heavy (non-hydrogen) atoms. The lowest BCUT2D eigenvalue weighted by molar-refractivity contribution is -0.120. The van der Waals surface area contributed by atoms with Crippen LogP contribution in [0.2, 0.25) is 0 Å². The van der Waals surface area contributed by atoms with Gasteiger partial charge in [0.05, 0.1) is 17.7 Å². The monoisotopic (exact) mass is 406 g/mol. The summed E-state index contributed by atoms with van der Waals surface area (Å²) in [7, 11) is -0.760. The molecule has 148 valence electrons. The lowest BCUT2D eigenvalue weighted by atomic mass is 10.2. The molecule has 0 aromatic heterocycles. The number of rotatable bonds is 7. The van der Waals surface area contributed by atoms with E-state index in [1.807, 2.05) is 0 Å². The molecule has 2 aromatic carbocycles. The van der Waals surface area contributed by atoms with Crippen molar-refractivity contribution >= 4 is 28.1 Å². The van der Waals surface area contributed by atoms with Crippen molar-refractivity contribution in [2.75, 3.05) is 20.6 Å². The zero-order valence-corrected chi connectivity index (χ0v) is 16.0. The van der Waals surface area contributed by atoms with Crippen LogP contribution in [0.3, 0.4) is 0 Å². The zero-order valence-electron chi connectivity index (χ0n) is 15.2. The van der Waals surface area contributed by atoms with E-state index >= 15 is 0 Å². The van der Waals surface area contributed by atoms with Crippen molar-refractivity contribution < 1.29 is 22.4 Å². The van der Waals surface area contributed by atoms with Gasteiger partial charge in [0.2, 0.25) is 10.0 Å². The van der Waals surface area contributed by atoms with E-state index in [0.29, 0.717) is 5.56 Å². The first-order chi connectivity index (χ1) is 13.2. The number of nitrogens with one attached hydrogen (secondary N) is 2. The van der Waals surface area contributed by atoms with Crippen molar-refractivity contribution in [3.63, 3.8) is 0 Å². The lowest BCUT2D eigenvalue weighted by Gasteiger charge is -2.11. The van der Waals surface area contributed by atoms with E-state index in [-0.39, 0.29) is 22.8 Å². The molecule has 0 aliphatic heterocycles. The van der Waals surface area contributed by atoms with Crippen molar-refractivity contribution in [3.05, 3.63) is 65.5 Å². The molecule has 0 unspecified atom stereocenters. The maximum atomic E-state index is 12.8. The van der Waals surface area contributed by atoms with Gasteiger partial charge >= 0.3 is 0 Å². The Bertz CT molecular complexity index is 972. The number of carbonyl (C=O) groups is 2. The van der Waals surface area contributed by atoms with Crippen LogP contribution in [-0.2, 0) is 14.8 Å². The minimum atomic E-state index is -3.58. The highest BCUT2D eigenvalue weighted by Crippen LogP contribution is 2.13. The summed E-state index contributed by atoms with van der Waals surface area (Å²) in [4.78, 5) is 23.8. The second-order valence-corrected chi connectivity index (χ2v) is 7.99. The van der Waals surface area contributed by atoms with E-state index in [4.69, 9.17) is 0 Å². The van der Waals surface area contributed by atoms with Gasteiger partial charge in [-0.25, -0.2) is 22.5 Å². The first-order valence-electron chi connectivity index (χ1n) is 8.08. The number of carbonyl (C=O) groups excluding carboxylic acids is 2. The van der Waals surface area contributed by atoms with Crippen molar-refractivity contribution in [1.82, 2.24) is 15.0 Å². The van der Waals surface area contributed by atoms with Crippen LogP contribution in [0.5, 0.6) is 0 Å². The Balaban J connectivity index is 1.86. The Kier molecular flexibility index (Phi) is 6.96. The minimum Gasteiger partial charge on any atom is -0.343 e. The summed E-state index contributed by atoms with van der Waals surface area (Å²) in [5.74, 6) is -1.47. The van der Waals surface area contributed by atoms with Gasteiger partial charge in [-0.2, -0.15) is 5.10 Å². The van der Waals surface area contributed by atoms with Gasteiger partial charge < -0.3 is 5.32 Å². The number of sulfonamides is 1. The third-order valence-corrected chi connectivity index (χ3v) is 5.41. The van der Waals surface area contributed by atoms with Crippen LogP contribution in [0.25, 0.3) is 0 Å². The Morgan fingerprint density at radius 2 is 1.68 bits per heavy atom. The quantitative estimate of drug-likeness (QED) is 0.527. The SMILES string of the molecule is CN(C)S(=O)(=O)c1ccc(C(=O)NCC(=O)N/N=C\c2ccc(F)cc2)cc1. The number of hydrogen-bond acceptors (Lipinski definition) is 5. The number of hydrazone groups is 1. The predicted octanol–water partition coefficient (Wildman–Crippen LogP) is 0.956. The fraction of sp³-hybridized carbons (Fsp3) is 0.167. The fourth-order valence-electron chi connectivity index (χ4n) is 2.02. The van der Waals surface area contributed by atoms with E-state index in [1.165, 1.54) is 68.8 Å². The predicted molar refractivity (Wildman–Crippen MR) is 102 cm³/mol. The molecular weight excluding hydrogens is 387 g/mol. The van der Waals surface area contributed by atoms with Gasteiger partial charge in [-0.1, -0.05) is 12.1 Å². The molecule has 0 fully saturated rings. The van der Waals surface area contributed by atoms with Gasteiger partial charge in [-0.3, -0.25) is 9.59 Å². The van der Waals surface area contributed by atoms with Crippen LogP contribution in [0.4, 0.5) is 4.39 Å². The molecular formula is C18H19FN4O4S. The topological polar surface area (TPSA) is 108 Å². The van der Waals surface area contributed by atoms with Crippen LogP contribution in [-0.4, -0.2) is 51.4 Å². The molecule has 0 heterocycles. The Morgan fingerprint density at radius 1 is 1.07 bits per heavy atom. The summed E-state index contributed by atoms with van der Waals surface area (Å²) in [5, 5.41) is 6.11. The molecule has 2 amide bonds. The van der Waals surface area contributed by atoms with Crippen LogP contribution in [0.15, 0.2) is 58.5 Å². The summed E-state index contributed by atoms with van der Waals surface area (Å²) >= 11 is 0. The van der Waals surface area contributed by atoms with Gasteiger partial charge in [-0.05, 0) is 42.0 Å². The molecule has 0 saturated heterocycles. The van der Waals surface area contributed by atoms with Crippen LogP contribution < -0.4 is 10.7 Å². The molecule has 8 nitrogen and oxygen atoms in total. The normalized spacial score (nSPS) is 11.6. The molecule has 0 aliphatic carbocycles. The third-order valence-electron chi connectivity index (χ3n) is 3.58. The lowest BCUT2D eigenvalue weighted by Crippen LogP contribution is -2.34. The Morgan fingerprint density at radius 3 is 2.25 bits per heavy atom. The second kappa shape index (κ2) is 9.20. The maximum absolute atomic E-state index is 12.8. The average Bonchev–Trinajstić information content (AvgIpc) is 2.67. The van der Waals surface area contributed by atoms with Crippen molar-refractivity contribution in [2.24, 2.45) is 5.10 Å². The number of benzene rings is 2. The molecule has 2 aromatic rings. The molecule has 0 aliphatic rings. The largest absolute Gasteiger partial charge is 0.343 e. The van der Waals surface area contributed by atoms with Gasteiger partial charge in [0, 0.05) is 19.7 Å². The van der Waals surface area contributed by atoms with E-state index in [9.17, 15) is 22.4 Å². The van der Waals surface area contributed by atoms with E-state index < -0.39 is 21.8 Å². The van der Waals surface area contributed by atoms with Crippen LogP contribution in [0.1, 0.15) is 15.9 Å². The third kappa shape index (κ3) is 5.69. The summed E-state index contributed by atoms with van der Waals surface area (Å²) < 4.78 is 37.8. The number of nitrogens with zero attached hydrogens (tertiary/aromatic N) is 2. The standard InChI is InChI=1S/C18H19FN4O4S/c1-23(2)28(26,27)16-9-5-14(6-10-16)18(25)20-12-17(24)22-21-11-13-3-7-15(19)8-4-13/h3-11H,12H2,1-2H3,(H,20,25)(H,22,24)/b21-11-. The molecule has 0 bridgehead atoms. The first kappa shape index (κ1) is 21.2. The number of hydrogen-bond donors (Lipinski definition) is 2. The fourth-order valence-corrected chi connectivity index (χ4v) is 2.92. The van der Waals surface area contributed by atoms with Crippen molar-refractivity contribution in [3.8, 4) is 0 Å². The molecule has 2 N–H and O–H groups in total. The van der Waals surface area contributed by atoms with Gasteiger partial charge in [0.1, 0.15) is 5.82 Å². The smallest absolute Gasteiger partial charge is 0.259 e. The Labute approximate surface area is 162 Å². The second-order valence-electron chi connectivity index (χ2n) is 5.84. The molecule has 0 atom stereocenters. The minimum absolute atomic E-state index is 0.0573. The van der Waals surface area contributed by atoms with Crippen LogP contribution in [0, 0.1) is 5.82 Å². The zero-order chi connectivity index (χ0) is 20.7. The summed E-state index contributed by atoms with van der Waals surface area (Å²) in [6, 6.07) is 10.9. The van der Waals surface area contributed by atoms with Gasteiger partial charge in [0.25, 0.3) is 11.8 Å². The average molecular weight is 406 g/mol. The van der Waals surface area contributed by atoms with Gasteiger partial charge in [-0.15, -0.1) is 0 Å². The highest BCUT2D eigenvalue weighted by Gasteiger charge is 2.17. The van der Waals surface area contributed by atoms with E-state index in [1.54, 1.807) is 0 Å². The molecule has 0 spiro atoms. The van der Waals surface area contributed by atoms with E-state index in [0.717, 1.165) is 4.31 Å². The van der Waals surface area contributed by atoms with Crippen molar-refractivity contribution in [1.29, 1.82) is 0 Å². The highest BCUT2D eigenvalue weighted by atomic mass is 32.2. The van der Waals surface area contributed by atoms with Gasteiger partial charge in [0.15, 0.2) is 0 Å².